The number of rotatable bonds is 2. The van der Waals surface area contributed by atoms with E-state index in [-0.39, 0.29) is 24.3 Å². The summed E-state index contributed by atoms with van der Waals surface area (Å²) in [5.74, 6) is -1.58. The zero-order chi connectivity index (χ0) is 15.0. The molecule has 20 heavy (non-hydrogen) atoms. The van der Waals surface area contributed by atoms with Gasteiger partial charge in [0.05, 0.1) is 10.8 Å². The van der Waals surface area contributed by atoms with E-state index in [1.54, 1.807) is 12.1 Å². The molecule has 1 aromatic rings. The average Bonchev–Trinajstić information content (AvgIpc) is 2.38. The Kier molecular flexibility index (Phi) is 4.46. The lowest BCUT2D eigenvalue weighted by molar-refractivity contribution is -0.182. The van der Waals surface area contributed by atoms with Crippen molar-refractivity contribution in [3.63, 3.8) is 0 Å². The van der Waals surface area contributed by atoms with Crippen molar-refractivity contribution in [3.8, 4) is 0 Å². The fourth-order valence-electron chi connectivity index (χ4n) is 2.18. The van der Waals surface area contributed by atoms with Crippen LogP contribution < -0.4 is 0 Å². The van der Waals surface area contributed by atoms with Crippen LogP contribution in [0.3, 0.4) is 0 Å². The van der Waals surface area contributed by atoms with Gasteiger partial charge in [-0.2, -0.15) is 17.5 Å². The Morgan fingerprint density at radius 1 is 1.20 bits per heavy atom. The molecule has 1 aliphatic rings. The second-order valence-corrected chi connectivity index (χ2v) is 7.55. The van der Waals surface area contributed by atoms with Crippen molar-refractivity contribution in [2.75, 3.05) is 13.1 Å². The van der Waals surface area contributed by atoms with Crippen LogP contribution in [0.2, 0.25) is 0 Å². The van der Waals surface area contributed by atoms with Crippen LogP contribution in [0.25, 0.3) is 0 Å². The van der Waals surface area contributed by atoms with E-state index >= 15 is 0 Å². The van der Waals surface area contributed by atoms with Gasteiger partial charge in [0.1, 0.15) is 0 Å². The standard InChI is InChI=1S/C12H13BrF3NO2S/c13-10-3-5-11(6-4-10)20(18,19)17-7-1-2-9(8-17)12(14,15)16/h3-6,9H,1-2,7-8H2/t9-/m0/s1. The Morgan fingerprint density at radius 2 is 1.80 bits per heavy atom. The summed E-state index contributed by atoms with van der Waals surface area (Å²) in [4.78, 5) is 0.0172. The van der Waals surface area contributed by atoms with E-state index in [4.69, 9.17) is 0 Å². The van der Waals surface area contributed by atoms with E-state index in [2.05, 4.69) is 15.9 Å². The first-order valence-electron chi connectivity index (χ1n) is 6.03. The second-order valence-electron chi connectivity index (χ2n) is 4.70. The summed E-state index contributed by atoms with van der Waals surface area (Å²) in [6.07, 6.45) is -4.15. The van der Waals surface area contributed by atoms with Crippen LogP contribution in [0.5, 0.6) is 0 Å². The summed E-state index contributed by atoms with van der Waals surface area (Å²) in [6.45, 7) is -0.368. The topological polar surface area (TPSA) is 37.4 Å². The predicted molar refractivity (Wildman–Crippen MR) is 71.7 cm³/mol. The van der Waals surface area contributed by atoms with Crippen molar-refractivity contribution in [3.05, 3.63) is 28.7 Å². The Bertz CT molecular complexity index is 571. The number of piperidine rings is 1. The summed E-state index contributed by atoms with van der Waals surface area (Å²) in [5, 5.41) is 0. The average molecular weight is 372 g/mol. The summed E-state index contributed by atoms with van der Waals surface area (Å²) < 4.78 is 64.5. The van der Waals surface area contributed by atoms with Crippen LogP contribution in [-0.4, -0.2) is 32.0 Å². The molecule has 0 N–H and O–H groups in total. The first kappa shape index (κ1) is 15.8. The smallest absolute Gasteiger partial charge is 0.207 e. The van der Waals surface area contributed by atoms with Crippen molar-refractivity contribution in [1.29, 1.82) is 0 Å². The van der Waals surface area contributed by atoms with E-state index in [0.717, 1.165) is 4.31 Å². The molecule has 2 rings (SSSR count). The number of benzene rings is 1. The summed E-state index contributed by atoms with van der Waals surface area (Å²) in [5.41, 5.74) is 0. The van der Waals surface area contributed by atoms with Crippen molar-refractivity contribution in [1.82, 2.24) is 4.31 Å². The third-order valence-corrected chi connectivity index (χ3v) is 5.71. The number of nitrogens with zero attached hydrogens (tertiary/aromatic N) is 1. The highest BCUT2D eigenvalue weighted by Crippen LogP contribution is 2.35. The Balaban J connectivity index is 2.23. The molecule has 1 saturated heterocycles. The fourth-order valence-corrected chi connectivity index (χ4v) is 3.97. The van der Waals surface area contributed by atoms with Crippen LogP contribution in [0.1, 0.15) is 12.8 Å². The molecule has 1 aliphatic heterocycles. The lowest BCUT2D eigenvalue weighted by Crippen LogP contribution is -2.44. The van der Waals surface area contributed by atoms with Gasteiger partial charge in [0, 0.05) is 17.6 Å². The highest BCUT2D eigenvalue weighted by Gasteiger charge is 2.44. The molecule has 0 saturated carbocycles. The molecule has 1 atom stereocenters. The molecule has 3 nitrogen and oxygen atoms in total. The van der Waals surface area contributed by atoms with Crippen LogP contribution in [0, 0.1) is 5.92 Å². The molecule has 0 unspecified atom stereocenters. The number of alkyl halides is 3. The van der Waals surface area contributed by atoms with Crippen LogP contribution in [-0.2, 0) is 10.0 Å². The van der Waals surface area contributed by atoms with Crippen LogP contribution in [0.15, 0.2) is 33.6 Å². The zero-order valence-corrected chi connectivity index (χ0v) is 12.8. The quantitative estimate of drug-likeness (QED) is 0.798. The molecule has 0 bridgehead atoms. The van der Waals surface area contributed by atoms with E-state index < -0.39 is 28.7 Å². The monoisotopic (exact) mass is 371 g/mol. The van der Waals surface area contributed by atoms with Crippen molar-refractivity contribution < 1.29 is 21.6 Å². The van der Waals surface area contributed by atoms with Crippen molar-refractivity contribution in [2.45, 2.75) is 23.9 Å². The molecule has 112 valence electrons. The van der Waals surface area contributed by atoms with Gasteiger partial charge in [-0.3, -0.25) is 0 Å². The molecule has 0 spiro atoms. The predicted octanol–water partition coefficient (Wildman–Crippen LogP) is 3.41. The van der Waals surface area contributed by atoms with Crippen molar-refractivity contribution in [2.24, 2.45) is 5.92 Å². The fraction of sp³-hybridized carbons (Fsp3) is 0.500. The lowest BCUT2D eigenvalue weighted by Gasteiger charge is -2.32. The Morgan fingerprint density at radius 3 is 2.35 bits per heavy atom. The van der Waals surface area contributed by atoms with E-state index in [1.807, 2.05) is 0 Å². The normalized spacial score (nSPS) is 21.9. The molecule has 8 heteroatoms. The maximum atomic E-state index is 12.7. The van der Waals surface area contributed by atoms with Gasteiger partial charge in [-0.05, 0) is 37.1 Å². The second kappa shape index (κ2) is 5.65. The largest absolute Gasteiger partial charge is 0.393 e. The van der Waals surface area contributed by atoms with E-state index in [9.17, 15) is 21.6 Å². The number of hydrogen-bond donors (Lipinski definition) is 0. The zero-order valence-electron chi connectivity index (χ0n) is 10.4. The minimum absolute atomic E-state index is 0.0172. The third kappa shape index (κ3) is 3.35. The maximum absolute atomic E-state index is 12.7. The minimum atomic E-state index is -4.35. The molecule has 0 amide bonds. The maximum Gasteiger partial charge on any atom is 0.393 e. The summed E-state index contributed by atoms with van der Waals surface area (Å²) in [6, 6.07) is 5.88. The van der Waals surface area contributed by atoms with Gasteiger partial charge < -0.3 is 0 Å². The first-order valence-corrected chi connectivity index (χ1v) is 8.27. The third-order valence-electron chi connectivity index (χ3n) is 3.30. The number of sulfonamides is 1. The lowest BCUT2D eigenvalue weighted by atomic mass is 9.99. The van der Waals surface area contributed by atoms with Gasteiger partial charge in [-0.1, -0.05) is 15.9 Å². The number of hydrogen-bond acceptors (Lipinski definition) is 2. The van der Waals surface area contributed by atoms with Gasteiger partial charge in [0.2, 0.25) is 10.0 Å². The Hall–Kier alpha value is -0.600. The van der Waals surface area contributed by atoms with Gasteiger partial charge in [0.15, 0.2) is 0 Å². The van der Waals surface area contributed by atoms with Crippen molar-refractivity contribution >= 4 is 26.0 Å². The molecular formula is C12H13BrF3NO2S. The molecule has 1 aromatic carbocycles. The van der Waals surface area contributed by atoms with E-state index in [0.29, 0.717) is 4.47 Å². The highest BCUT2D eigenvalue weighted by atomic mass is 79.9. The molecular weight excluding hydrogens is 359 g/mol. The van der Waals surface area contributed by atoms with Gasteiger partial charge in [-0.15, -0.1) is 0 Å². The summed E-state index contributed by atoms with van der Waals surface area (Å²) >= 11 is 3.19. The molecule has 0 aliphatic carbocycles. The van der Waals surface area contributed by atoms with Gasteiger partial charge in [0.25, 0.3) is 0 Å². The van der Waals surface area contributed by atoms with Crippen LogP contribution >= 0.6 is 15.9 Å². The Labute approximate surface area is 123 Å². The summed E-state index contributed by atoms with van der Waals surface area (Å²) in [7, 11) is -3.86. The minimum Gasteiger partial charge on any atom is -0.207 e. The van der Waals surface area contributed by atoms with E-state index in [1.165, 1.54) is 12.1 Å². The van der Waals surface area contributed by atoms with Gasteiger partial charge in [-0.25, -0.2) is 8.42 Å². The van der Waals surface area contributed by atoms with Gasteiger partial charge >= 0.3 is 6.18 Å². The molecule has 0 aromatic heterocycles. The SMILES string of the molecule is O=S(=O)(c1ccc(Br)cc1)N1CCC[C@H](C(F)(F)F)C1. The molecule has 1 fully saturated rings. The molecule has 1 heterocycles. The first-order chi connectivity index (χ1) is 9.21. The molecule has 0 radical (unpaired) electrons. The van der Waals surface area contributed by atoms with Crippen LogP contribution in [0.4, 0.5) is 13.2 Å². The number of halogens is 4. The highest BCUT2D eigenvalue weighted by molar-refractivity contribution is 9.10.